The Bertz CT molecular complexity index is 734. The molecule has 3 aromatic rings. The molecule has 0 atom stereocenters. The highest BCUT2D eigenvalue weighted by molar-refractivity contribution is 5.79. The highest BCUT2D eigenvalue weighted by atomic mass is 16.5. The third kappa shape index (κ3) is 1.91. The fourth-order valence-corrected chi connectivity index (χ4v) is 1.96. The summed E-state index contributed by atoms with van der Waals surface area (Å²) in [5.74, 6) is 1.52. The summed E-state index contributed by atoms with van der Waals surface area (Å²) in [6, 6.07) is 7.00. The lowest BCUT2D eigenvalue weighted by Gasteiger charge is -2.10. The van der Waals surface area contributed by atoms with Gasteiger partial charge >= 0.3 is 0 Å². The molecule has 0 aliphatic carbocycles. The Balaban J connectivity index is 2.18. The molecule has 2 N–H and O–H groups in total. The fourth-order valence-electron chi connectivity index (χ4n) is 1.96. The largest absolute Gasteiger partial charge is 0.493 e. The number of nitrogens with two attached hydrogens (primary N) is 1. The van der Waals surface area contributed by atoms with Gasteiger partial charge in [0.15, 0.2) is 22.7 Å². The van der Waals surface area contributed by atoms with Crippen molar-refractivity contribution >= 4 is 16.9 Å². The summed E-state index contributed by atoms with van der Waals surface area (Å²) in [5, 5.41) is 0. The summed E-state index contributed by atoms with van der Waals surface area (Å²) in [7, 11) is 3.12. The summed E-state index contributed by atoms with van der Waals surface area (Å²) in [4.78, 5) is 8.45. The van der Waals surface area contributed by atoms with E-state index in [1.165, 1.54) is 0 Å². The number of oxazole rings is 1. The molecule has 0 spiro atoms. The van der Waals surface area contributed by atoms with Crippen molar-refractivity contribution < 1.29 is 13.9 Å². The quantitative estimate of drug-likeness (QED) is 0.737. The number of rotatable bonds is 3. The maximum atomic E-state index is 6.02. The molecule has 6 nitrogen and oxygen atoms in total. The molecule has 0 unspecified atom stereocenters. The van der Waals surface area contributed by atoms with Crippen LogP contribution >= 0.6 is 0 Å². The van der Waals surface area contributed by atoms with Crippen LogP contribution in [0.5, 0.6) is 11.5 Å². The lowest BCUT2D eigenvalue weighted by Crippen LogP contribution is -1.96. The second kappa shape index (κ2) is 4.73. The first-order valence-corrected chi connectivity index (χ1v) is 5.96. The predicted molar refractivity (Wildman–Crippen MR) is 74.8 cm³/mol. The van der Waals surface area contributed by atoms with Gasteiger partial charge in [-0.2, -0.15) is 4.98 Å². The summed E-state index contributed by atoms with van der Waals surface area (Å²) in [6.07, 6.45) is 1.66. The number of nitrogens with zero attached hydrogens (tertiary/aromatic N) is 2. The average Bonchev–Trinajstić information content (AvgIpc) is 2.90. The Kier molecular flexibility index (Phi) is 2.90. The topological polar surface area (TPSA) is 83.4 Å². The molecule has 2 heterocycles. The highest BCUT2D eigenvalue weighted by Gasteiger charge is 2.15. The van der Waals surface area contributed by atoms with Crippen molar-refractivity contribution in [3.63, 3.8) is 0 Å². The van der Waals surface area contributed by atoms with Crippen LogP contribution in [0.3, 0.4) is 0 Å². The molecule has 0 bridgehead atoms. The van der Waals surface area contributed by atoms with Crippen LogP contribution in [-0.4, -0.2) is 24.2 Å². The van der Waals surface area contributed by atoms with E-state index < -0.39 is 0 Å². The zero-order valence-corrected chi connectivity index (χ0v) is 11.1. The number of methoxy groups -OCH3 is 2. The van der Waals surface area contributed by atoms with E-state index in [0.717, 1.165) is 0 Å². The minimum Gasteiger partial charge on any atom is -0.493 e. The smallest absolute Gasteiger partial charge is 0.231 e. The molecule has 0 fully saturated rings. The van der Waals surface area contributed by atoms with Gasteiger partial charge in [-0.15, -0.1) is 0 Å². The number of hydrogen-bond acceptors (Lipinski definition) is 6. The van der Waals surface area contributed by atoms with Gasteiger partial charge < -0.3 is 19.6 Å². The Hall–Kier alpha value is -2.76. The van der Waals surface area contributed by atoms with E-state index in [1.54, 1.807) is 44.7 Å². The van der Waals surface area contributed by atoms with Crippen molar-refractivity contribution in [2.75, 3.05) is 20.0 Å². The maximum Gasteiger partial charge on any atom is 0.231 e. The standard InChI is InChI=1S/C14H13N3O3/c1-18-11-6-8(9(15)7-12(11)19-2)14-17-13-10(20-14)4-3-5-16-13/h3-7H,15H2,1-2H3. The van der Waals surface area contributed by atoms with Crippen LogP contribution in [-0.2, 0) is 0 Å². The molecule has 3 rings (SSSR count). The SMILES string of the molecule is COc1cc(N)c(-c2nc3ncccc3o2)cc1OC. The minimum absolute atomic E-state index is 0.400. The minimum atomic E-state index is 0.400. The van der Waals surface area contributed by atoms with E-state index in [1.807, 2.05) is 0 Å². The summed E-state index contributed by atoms with van der Waals surface area (Å²) < 4.78 is 16.1. The highest BCUT2D eigenvalue weighted by Crippen LogP contribution is 2.37. The predicted octanol–water partition coefficient (Wildman–Crippen LogP) is 2.49. The molecule has 2 aromatic heterocycles. The maximum absolute atomic E-state index is 6.02. The van der Waals surface area contributed by atoms with Crippen LogP contribution in [0.4, 0.5) is 5.69 Å². The number of fused-ring (bicyclic) bond motifs is 1. The first-order valence-electron chi connectivity index (χ1n) is 5.96. The van der Waals surface area contributed by atoms with Crippen molar-refractivity contribution in [2.24, 2.45) is 0 Å². The van der Waals surface area contributed by atoms with E-state index in [9.17, 15) is 0 Å². The third-order valence-corrected chi connectivity index (χ3v) is 2.95. The molecule has 0 aliphatic rings. The molecule has 0 aliphatic heterocycles. The number of hydrogen-bond donors (Lipinski definition) is 1. The fraction of sp³-hybridized carbons (Fsp3) is 0.143. The number of ether oxygens (including phenoxy) is 2. The number of benzene rings is 1. The van der Waals surface area contributed by atoms with E-state index >= 15 is 0 Å². The van der Waals surface area contributed by atoms with Gasteiger partial charge in [-0.25, -0.2) is 4.98 Å². The van der Waals surface area contributed by atoms with Gasteiger partial charge in [0.25, 0.3) is 0 Å². The Morgan fingerprint density at radius 2 is 1.90 bits per heavy atom. The summed E-state index contributed by atoms with van der Waals surface area (Å²) in [6.45, 7) is 0. The molecule has 6 heteroatoms. The van der Waals surface area contributed by atoms with Crippen molar-refractivity contribution in [1.29, 1.82) is 0 Å². The van der Waals surface area contributed by atoms with Crippen molar-refractivity contribution in [1.82, 2.24) is 9.97 Å². The van der Waals surface area contributed by atoms with Crippen LogP contribution < -0.4 is 15.2 Å². The first-order chi connectivity index (χ1) is 9.72. The molecular weight excluding hydrogens is 258 g/mol. The van der Waals surface area contributed by atoms with Gasteiger partial charge in [-0.1, -0.05) is 0 Å². The van der Waals surface area contributed by atoms with Crippen molar-refractivity contribution in [3.8, 4) is 23.0 Å². The molecule has 0 saturated heterocycles. The third-order valence-electron chi connectivity index (χ3n) is 2.95. The average molecular weight is 271 g/mol. The molecule has 102 valence electrons. The molecule has 1 aromatic carbocycles. The van der Waals surface area contributed by atoms with E-state index in [4.69, 9.17) is 19.6 Å². The zero-order chi connectivity index (χ0) is 14.1. The Labute approximate surface area is 115 Å². The second-order valence-electron chi connectivity index (χ2n) is 4.14. The summed E-state index contributed by atoms with van der Waals surface area (Å²) >= 11 is 0. The number of anilines is 1. The number of nitrogen functional groups attached to an aromatic ring is 1. The molecule has 20 heavy (non-hydrogen) atoms. The molecular formula is C14H13N3O3. The van der Waals surface area contributed by atoms with E-state index in [2.05, 4.69) is 9.97 Å². The monoisotopic (exact) mass is 271 g/mol. The zero-order valence-electron chi connectivity index (χ0n) is 11.1. The molecule has 0 amide bonds. The Morgan fingerprint density at radius 3 is 2.60 bits per heavy atom. The van der Waals surface area contributed by atoms with Crippen LogP contribution in [0.15, 0.2) is 34.9 Å². The van der Waals surface area contributed by atoms with Crippen LogP contribution in [0.25, 0.3) is 22.7 Å². The number of pyridine rings is 1. The van der Waals surface area contributed by atoms with Gasteiger partial charge in [0.05, 0.1) is 19.8 Å². The van der Waals surface area contributed by atoms with Crippen molar-refractivity contribution in [2.45, 2.75) is 0 Å². The van der Waals surface area contributed by atoms with Crippen LogP contribution in [0.2, 0.25) is 0 Å². The molecule has 0 saturated carbocycles. The van der Waals surface area contributed by atoms with E-state index in [0.29, 0.717) is 39.9 Å². The second-order valence-corrected chi connectivity index (χ2v) is 4.14. The van der Waals surface area contributed by atoms with Gasteiger partial charge in [0.1, 0.15) is 0 Å². The lowest BCUT2D eigenvalue weighted by molar-refractivity contribution is 0.355. The first kappa shape index (κ1) is 12.3. The van der Waals surface area contributed by atoms with Crippen LogP contribution in [0.1, 0.15) is 0 Å². The normalized spacial score (nSPS) is 10.7. The van der Waals surface area contributed by atoms with Gasteiger partial charge in [0, 0.05) is 18.0 Å². The van der Waals surface area contributed by atoms with E-state index in [-0.39, 0.29) is 0 Å². The van der Waals surface area contributed by atoms with Crippen molar-refractivity contribution in [3.05, 3.63) is 30.5 Å². The summed E-state index contributed by atoms with van der Waals surface area (Å²) in [5.41, 5.74) is 8.30. The number of aromatic nitrogens is 2. The van der Waals surface area contributed by atoms with Gasteiger partial charge in [-0.05, 0) is 18.2 Å². The Morgan fingerprint density at radius 1 is 1.15 bits per heavy atom. The van der Waals surface area contributed by atoms with Gasteiger partial charge in [-0.3, -0.25) is 0 Å². The lowest BCUT2D eigenvalue weighted by atomic mass is 10.1. The molecule has 0 radical (unpaired) electrons. The van der Waals surface area contributed by atoms with Gasteiger partial charge in [0.2, 0.25) is 5.89 Å². The van der Waals surface area contributed by atoms with Crippen LogP contribution in [0, 0.1) is 0 Å².